The largest absolute Gasteiger partial charge is 0.505 e. The molecule has 3 aromatic carbocycles. The van der Waals surface area contributed by atoms with E-state index in [1.807, 2.05) is 0 Å². The first-order chi connectivity index (χ1) is 21.8. The van der Waals surface area contributed by atoms with E-state index in [0.717, 1.165) is 28.0 Å². The van der Waals surface area contributed by atoms with Gasteiger partial charge in [0.05, 0.1) is 45.1 Å². The number of halogens is 3. The van der Waals surface area contributed by atoms with E-state index in [-0.39, 0.29) is 34.8 Å². The minimum absolute atomic E-state index is 0.0125. The molecule has 0 spiro atoms. The molecule has 6 atom stereocenters. The Morgan fingerprint density at radius 2 is 1.63 bits per heavy atom. The lowest BCUT2D eigenvalue weighted by Gasteiger charge is -2.49. The van der Waals surface area contributed by atoms with Crippen molar-refractivity contribution in [1.82, 2.24) is 0 Å². The minimum atomic E-state index is -1.49. The molecule has 3 fully saturated rings. The summed E-state index contributed by atoms with van der Waals surface area (Å²) in [6.45, 7) is 1.60. The molecule has 4 aliphatic rings. The Bertz CT molecular complexity index is 1950. The van der Waals surface area contributed by atoms with Crippen LogP contribution in [-0.2, 0) is 19.2 Å². The molecule has 2 heterocycles. The second-order valence-electron chi connectivity index (χ2n) is 12.3. The summed E-state index contributed by atoms with van der Waals surface area (Å²) < 4.78 is 28.9. The number of imide groups is 2. The van der Waals surface area contributed by atoms with E-state index in [2.05, 4.69) is 0 Å². The SMILES string of the molecule is C[C@@]12C(=O)N(c3ccc(F)c(Cl)c3)C(=O)[C@@H]1C[C@@H]1C(=CC[C@@H]3C(=O)N(c4cccc(C(=O)O)c4)C(=O)[C@@H]31)[C@@H]2c1ccc(O)c(F)c1. The van der Waals surface area contributed by atoms with E-state index >= 15 is 0 Å². The fraction of sp³-hybridized carbons (Fsp3) is 0.265. The third-order valence-corrected chi connectivity index (χ3v) is 10.4. The predicted octanol–water partition coefficient (Wildman–Crippen LogP) is 5.46. The number of hydrogen-bond acceptors (Lipinski definition) is 6. The maximum absolute atomic E-state index is 14.9. The quantitative estimate of drug-likeness (QED) is 0.284. The lowest BCUT2D eigenvalue weighted by molar-refractivity contribution is -0.131. The summed E-state index contributed by atoms with van der Waals surface area (Å²) in [5, 5.41) is 19.1. The average molecular weight is 647 g/mol. The van der Waals surface area contributed by atoms with Crippen molar-refractivity contribution in [1.29, 1.82) is 0 Å². The Morgan fingerprint density at radius 3 is 2.33 bits per heavy atom. The zero-order chi connectivity index (χ0) is 32.8. The van der Waals surface area contributed by atoms with Crippen molar-refractivity contribution >= 4 is 52.6 Å². The van der Waals surface area contributed by atoms with Crippen LogP contribution in [0, 0.1) is 40.7 Å². The van der Waals surface area contributed by atoms with Crippen LogP contribution < -0.4 is 9.80 Å². The minimum Gasteiger partial charge on any atom is -0.505 e. The number of phenolic OH excluding ortho intramolecular Hbond substituents is 1. The molecule has 234 valence electrons. The third-order valence-electron chi connectivity index (χ3n) is 10.1. The molecule has 2 N–H and O–H groups in total. The van der Waals surface area contributed by atoms with Gasteiger partial charge in [0.2, 0.25) is 23.6 Å². The second kappa shape index (κ2) is 10.3. The Labute approximate surface area is 265 Å². The number of carboxylic acids is 1. The first-order valence-electron chi connectivity index (χ1n) is 14.6. The van der Waals surface area contributed by atoms with Crippen molar-refractivity contribution in [2.45, 2.75) is 25.7 Å². The molecule has 46 heavy (non-hydrogen) atoms. The number of hydrogen-bond donors (Lipinski definition) is 2. The molecule has 2 saturated heterocycles. The third kappa shape index (κ3) is 4.07. The first-order valence-corrected chi connectivity index (χ1v) is 14.9. The molecular formula is C34H25ClF2N2O7. The summed E-state index contributed by atoms with van der Waals surface area (Å²) in [7, 11) is 0. The molecule has 3 aromatic rings. The van der Waals surface area contributed by atoms with Crippen LogP contribution in [0.5, 0.6) is 5.75 Å². The van der Waals surface area contributed by atoms with E-state index in [4.69, 9.17) is 11.6 Å². The molecule has 0 unspecified atom stereocenters. The van der Waals surface area contributed by atoms with Gasteiger partial charge in [0.15, 0.2) is 11.6 Å². The number of rotatable bonds is 4. The number of aromatic hydroxyl groups is 1. The van der Waals surface area contributed by atoms with Crippen molar-refractivity contribution in [2.24, 2.45) is 29.1 Å². The molecule has 2 aliphatic carbocycles. The summed E-state index contributed by atoms with van der Waals surface area (Å²) >= 11 is 6.01. The number of fused-ring (bicyclic) bond motifs is 4. The number of carboxylic acid groups (broad SMARTS) is 1. The van der Waals surface area contributed by atoms with Crippen LogP contribution in [-0.4, -0.2) is 39.8 Å². The van der Waals surface area contributed by atoms with Crippen molar-refractivity contribution < 1.29 is 43.0 Å². The van der Waals surface area contributed by atoms with Crippen LogP contribution in [0.15, 0.2) is 72.3 Å². The Balaban J connectivity index is 1.36. The Kier molecular flexibility index (Phi) is 6.68. The van der Waals surface area contributed by atoms with E-state index in [1.165, 1.54) is 42.5 Å². The average Bonchev–Trinajstić information content (AvgIpc) is 3.39. The predicted molar refractivity (Wildman–Crippen MR) is 160 cm³/mol. The summed E-state index contributed by atoms with van der Waals surface area (Å²) in [6, 6.07) is 12.7. The zero-order valence-electron chi connectivity index (χ0n) is 24.1. The van der Waals surface area contributed by atoms with Crippen LogP contribution in [0.2, 0.25) is 5.02 Å². The van der Waals surface area contributed by atoms with Gasteiger partial charge in [-0.25, -0.2) is 18.5 Å². The lowest BCUT2D eigenvalue weighted by Crippen LogP contribution is -2.48. The lowest BCUT2D eigenvalue weighted by atomic mass is 9.51. The molecule has 9 nitrogen and oxygen atoms in total. The van der Waals surface area contributed by atoms with E-state index < -0.39 is 82.0 Å². The summed E-state index contributed by atoms with van der Waals surface area (Å²) in [5.74, 6) is -10.2. The molecule has 12 heteroatoms. The van der Waals surface area contributed by atoms with E-state index in [0.29, 0.717) is 11.1 Å². The van der Waals surface area contributed by atoms with Gasteiger partial charge in [0, 0.05) is 5.92 Å². The topological polar surface area (TPSA) is 132 Å². The monoisotopic (exact) mass is 646 g/mol. The second-order valence-corrected chi connectivity index (χ2v) is 12.7. The highest BCUT2D eigenvalue weighted by Crippen LogP contribution is 2.63. The number of benzene rings is 3. The number of carbonyl (C=O) groups excluding carboxylic acids is 4. The smallest absolute Gasteiger partial charge is 0.335 e. The molecule has 7 rings (SSSR count). The van der Waals surface area contributed by atoms with Crippen molar-refractivity contribution in [2.75, 3.05) is 9.80 Å². The number of allylic oxidation sites excluding steroid dienone is 2. The Morgan fingerprint density at radius 1 is 0.891 bits per heavy atom. The van der Waals surface area contributed by atoms with Crippen LogP contribution in [0.4, 0.5) is 20.2 Å². The first kappa shape index (κ1) is 29.8. The molecule has 0 radical (unpaired) electrons. The fourth-order valence-electron chi connectivity index (χ4n) is 8.00. The zero-order valence-corrected chi connectivity index (χ0v) is 24.9. The number of amides is 4. The summed E-state index contributed by atoms with van der Waals surface area (Å²) in [5.41, 5.74) is -0.551. The highest BCUT2D eigenvalue weighted by atomic mass is 35.5. The molecule has 0 bridgehead atoms. The van der Waals surface area contributed by atoms with Crippen LogP contribution in [0.25, 0.3) is 0 Å². The normalized spacial score (nSPS) is 28.6. The Hall–Kier alpha value is -4.90. The van der Waals surface area contributed by atoms with Crippen molar-refractivity contribution in [3.63, 3.8) is 0 Å². The van der Waals surface area contributed by atoms with E-state index in [1.54, 1.807) is 13.0 Å². The van der Waals surface area contributed by atoms with Crippen LogP contribution in [0.3, 0.4) is 0 Å². The molecular weight excluding hydrogens is 622 g/mol. The number of phenols is 1. The van der Waals surface area contributed by atoms with Gasteiger partial charge in [-0.05, 0) is 79.8 Å². The van der Waals surface area contributed by atoms with Gasteiger partial charge in [-0.1, -0.05) is 35.4 Å². The van der Waals surface area contributed by atoms with Gasteiger partial charge in [0.25, 0.3) is 0 Å². The molecule has 4 amide bonds. The van der Waals surface area contributed by atoms with Gasteiger partial charge in [-0.2, -0.15) is 0 Å². The highest BCUT2D eigenvalue weighted by molar-refractivity contribution is 6.32. The maximum atomic E-state index is 14.9. The fourth-order valence-corrected chi connectivity index (χ4v) is 8.18. The van der Waals surface area contributed by atoms with Gasteiger partial charge >= 0.3 is 5.97 Å². The van der Waals surface area contributed by atoms with Crippen LogP contribution >= 0.6 is 11.6 Å². The molecule has 1 saturated carbocycles. The maximum Gasteiger partial charge on any atom is 0.335 e. The number of anilines is 2. The highest BCUT2D eigenvalue weighted by Gasteiger charge is 2.67. The van der Waals surface area contributed by atoms with Gasteiger partial charge < -0.3 is 10.2 Å². The number of carbonyl (C=O) groups is 5. The van der Waals surface area contributed by atoms with Gasteiger partial charge in [-0.3, -0.25) is 24.1 Å². The van der Waals surface area contributed by atoms with Crippen molar-refractivity contribution in [3.05, 3.63) is 100 Å². The van der Waals surface area contributed by atoms with Crippen LogP contribution in [0.1, 0.15) is 41.6 Å². The summed E-state index contributed by atoms with van der Waals surface area (Å²) in [6.07, 6.45) is 1.91. The van der Waals surface area contributed by atoms with Gasteiger partial charge in [-0.15, -0.1) is 0 Å². The van der Waals surface area contributed by atoms with E-state index in [9.17, 15) is 43.0 Å². The standard InChI is InChI=1S/C34H25ClF2N2O7/c1-34-22(30(42)39(33(34)46)18-6-9-24(36)23(35)13-18)14-21-19(28(34)15-5-10-26(40)25(37)12-15)7-8-20-27(21)31(43)38(29(20)41)17-4-2-3-16(11-17)32(44)45/h2-7,9-13,20-22,27-28,40H,8,14H2,1H3,(H,44,45)/t20-,21+,22-,27-,28-,34+/m0/s1. The van der Waals surface area contributed by atoms with Crippen molar-refractivity contribution in [3.8, 4) is 5.75 Å². The molecule has 0 aromatic heterocycles. The number of nitrogens with zero attached hydrogens (tertiary/aromatic N) is 2. The number of aromatic carboxylic acids is 1. The summed E-state index contributed by atoms with van der Waals surface area (Å²) in [4.78, 5) is 69.9. The molecule has 2 aliphatic heterocycles. The van der Waals surface area contributed by atoms with Gasteiger partial charge in [0.1, 0.15) is 5.82 Å².